The van der Waals surface area contributed by atoms with Crippen LogP contribution >= 0.6 is 0 Å². The molecule has 266 valence electrons. The Kier molecular flexibility index (Phi) is 26.1. The van der Waals surface area contributed by atoms with E-state index < -0.39 is 49.5 Å². The minimum absolute atomic E-state index is 0.182. The maximum absolute atomic E-state index is 12.8. The summed E-state index contributed by atoms with van der Waals surface area (Å²) >= 11 is 0. The average molecular weight is 644 g/mol. The highest BCUT2D eigenvalue weighted by Gasteiger charge is 2.44. The molecule has 2 unspecified atom stereocenters. The summed E-state index contributed by atoms with van der Waals surface area (Å²) in [5.41, 5.74) is 0. The minimum Gasteiger partial charge on any atom is -0.394 e. The molecule has 0 bridgehead atoms. The fourth-order valence-corrected chi connectivity index (χ4v) is 5.80. The van der Waals surface area contributed by atoms with E-state index >= 15 is 0 Å². The van der Waals surface area contributed by atoms with Crippen LogP contribution in [0.5, 0.6) is 0 Å². The summed E-state index contributed by atoms with van der Waals surface area (Å²) in [5.74, 6) is -0.182. The van der Waals surface area contributed by atoms with Gasteiger partial charge in [-0.2, -0.15) is 0 Å². The summed E-state index contributed by atoms with van der Waals surface area (Å²) in [6.07, 6.45) is 21.1. The third kappa shape index (κ3) is 20.0. The number of amides is 1. The van der Waals surface area contributed by atoms with E-state index in [2.05, 4.69) is 19.2 Å². The number of carbonyl (C=O) groups is 1. The predicted molar refractivity (Wildman–Crippen MR) is 180 cm³/mol. The highest BCUT2D eigenvalue weighted by Crippen LogP contribution is 2.22. The van der Waals surface area contributed by atoms with Crippen molar-refractivity contribution in [3.8, 4) is 0 Å². The molecule has 0 radical (unpaired) electrons. The number of rotatable bonds is 29. The molecule has 0 aromatic heterocycles. The Bertz CT molecular complexity index is 721. The highest BCUT2D eigenvalue weighted by atomic mass is 16.7. The van der Waals surface area contributed by atoms with Crippen molar-refractivity contribution in [2.24, 2.45) is 0 Å². The molecule has 1 amide bonds. The van der Waals surface area contributed by atoms with E-state index in [0.29, 0.717) is 6.42 Å². The van der Waals surface area contributed by atoms with Gasteiger partial charge in [-0.05, 0) is 19.3 Å². The number of aliphatic hydroxyl groups is 5. The van der Waals surface area contributed by atoms with E-state index in [9.17, 15) is 30.3 Å². The maximum atomic E-state index is 12.8. The topological polar surface area (TPSA) is 149 Å². The summed E-state index contributed by atoms with van der Waals surface area (Å²) in [4.78, 5) is 12.8. The van der Waals surface area contributed by atoms with Crippen LogP contribution in [0.15, 0.2) is 12.2 Å². The molecule has 9 nitrogen and oxygen atoms in total. The first-order valence-electron chi connectivity index (χ1n) is 18.4. The van der Waals surface area contributed by atoms with Gasteiger partial charge in [0, 0.05) is 6.42 Å². The zero-order chi connectivity index (χ0) is 33.1. The van der Waals surface area contributed by atoms with Gasteiger partial charge in [-0.15, -0.1) is 0 Å². The van der Waals surface area contributed by atoms with Crippen LogP contribution in [0.2, 0.25) is 0 Å². The fourth-order valence-electron chi connectivity index (χ4n) is 5.80. The lowest BCUT2D eigenvalue weighted by Gasteiger charge is -2.40. The molecule has 1 saturated heterocycles. The normalized spacial score (nSPS) is 23.4. The molecule has 0 spiro atoms. The summed E-state index contributed by atoms with van der Waals surface area (Å²) in [6.45, 7) is 3.71. The van der Waals surface area contributed by atoms with Crippen molar-refractivity contribution in [3.63, 3.8) is 0 Å². The van der Waals surface area contributed by atoms with Gasteiger partial charge in [0.25, 0.3) is 0 Å². The smallest absolute Gasteiger partial charge is 0.220 e. The van der Waals surface area contributed by atoms with Crippen molar-refractivity contribution in [2.45, 2.75) is 198 Å². The molecule has 6 N–H and O–H groups in total. The number of aliphatic hydroxyl groups excluding tert-OH is 5. The van der Waals surface area contributed by atoms with E-state index in [4.69, 9.17) is 9.47 Å². The van der Waals surface area contributed by atoms with E-state index in [1.165, 1.54) is 96.3 Å². The molecule has 0 aliphatic carbocycles. The number of nitrogens with one attached hydrogen (secondary N) is 1. The Morgan fingerprint density at radius 3 is 1.73 bits per heavy atom. The third-order valence-electron chi connectivity index (χ3n) is 8.86. The van der Waals surface area contributed by atoms with E-state index in [-0.39, 0.29) is 12.5 Å². The summed E-state index contributed by atoms with van der Waals surface area (Å²) in [5, 5.41) is 53.7. The molecular formula is C36H69NO8. The Morgan fingerprint density at radius 2 is 1.22 bits per heavy atom. The van der Waals surface area contributed by atoms with Crippen LogP contribution < -0.4 is 5.32 Å². The number of allylic oxidation sites excluding steroid dienone is 1. The first kappa shape index (κ1) is 42.0. The molecule has 0 aromatic rings. The first-order valence-corrected chi connectivity index (χ1v) is 18.4. The number of carbonyl (C=O) groups excluding carboxylic acids is 1. The van der Waals surface area contributed by atoms with E-state index in [0.717, 1.165) is 38.5 Å². The second-order valence-corrected chi connectivity index (χ2v) is 13.0. The van der Waals surface area contributed by atoms with Gasteiger partial charge in [0.15, 0.2) is 6.29 Å². The number of ether oxygens (including phenoxy) is 2. The standard InChI is InChI=1S/C36H69NO8/c1-3-5-7-9-11-13-14-15-16-18-19-21-23-25-30(39)29(28-44-36-35(43)34(42)33(41)31(27-38)45-36)37-32(40)26-24-22-20-17-12-10-8-6-4-2/h23,25,29-31,33-36,38-39,41-43H,3-22,24,26-28H2,1-2H3,(H,37,40)/b25-23+/t29-,30+,31+,33+,34?,35?,36+/m0/s1. The van der Waals surface area contributed by atoms with Gasteiger partial charge < -0.3 is 40.3 Å². The Balaban J connectivity index is 2.49. The molecule has 9 heteroatoms. The monoisotopic (exact) mass is 644 g/mol. The van der Waals surface area contributed by atoms with Gasteiger partial charge in [-0.25, -0.2) is 0 Å². The van der Waals surface area contributed by atoms with E-state index in [1.54, 1.807) is 6.08 Å². The highest BCUT2D eigenvalue weighted by molar-refractivity contribution is 5.76. The molecule has 45 heavy (non-hydrogen) atoms. The van der Waals surface area contributed by atoms with Crippen LogP contribution in [0, 0.1) is 0 Å². The quantitative estimate of drug-likeness (QED) is 0.0441. The van der Waals surface area contributed by atoms with Crippen molar-refractivity contribution in [1.82, 2.24) is 5.32 Å². The maximum Gasteiger partial charge on any atom is 0.220 e. The van der Waals surface area contributed by atoms with Crippen molar-refractivity contribution in [1.29, 1.82) is 0 Å². The molecule has 1 fully saturated rings. The lowest BCUT2D eigenvalue weighted by Crippen LogP contribution is -2.60. The van der Waals surface area contributed by atoms with Crippen molar-refractivity contribution < 1.29 is 39.8 Å². The van der Waals surface area contributed by atoms with Gasteiger partial charge in [-0.3, -0.25) is 4.79 Å². The van der Waals surface area contributed by atoms with Crippen molar-refractivity contribution >= 4 is 5.91 Å². The molecule has 1 aliphatic heterocycles. The van der Waals surface area contributed by atoms with Crippen LogP contribution in [0.4, 0.5) is 0 Å². The van der Waals surface area contributed by atoms with Gasteiger partial charge in [-0.1, -0.05) is 142 Å². The largest absolute Gasteiger partial charge is 0.394 e. The molecule has 1 heterocycles. The molecule has 1 rings (SSSR count). The Hall–Kier alpha value is -1.07. The number of hydrogen-bond acceptors (Lipinski definition) is 8. The van der Waals surface area contributed by atoms with Crippen LogP contribution in [0.25, 0.3) is 0 Å². The summed E-state index contributed by atoms with van der Waals surface area (Å²) in [7, 11) is 0. The molecule has 0 aromatic carbocycles. The summed E-state index contributed by atoms with van der Waals surface area (Å²) in [6, 6.07) is -0.794. The summed E-state index contributed by atoms with van der Waals surface area (Å²) < 4.78 is 11.1. The second kappa shape index (κ2) is 28.0. The second-order valence-electron chi connectivity index (χ2n) is 13.0. The average Bonchev–Trinajstić information content (AvgIpc) is 3.04. The van der Waals surface area contributed by atoms with Gasteiger partial charge in [0.2, 0.25) is 5.91 Å². The van der Waals surface area contributed by atoms with Crippen LogP contribution in [0.1, 0.15) is 155 Å². The zero-order valence-electron chi connectivity index (χ0n) is 28.6. The van der Waals surface area contributed by atoms with Gasteiger partial charge >= 0.3 is 0 Å². The fraction of sp³-hybridized carbons (Fsp3) is 0.917. The van der Waals surface area contributed by atoms with Crippen LogP contribution in [0.3, 0.4) is 0 Å². The Morgan fingerprint density at radius 1 is 0.733 bits per heavy atom. The molecule has 0 saturated carbocycles. The Labute approximate surface area is 274 Å². The SMILES string of the molecule is CCCCCCCCCCCCC/C=C/[C@@H](O)[C@H](CO[C@@H]1O[C@H](CO)[C@@H](O)C(O)C1O)NC(=O)CCCCCCCCCCC. The third-order valence-corrected chi connectivity index (χ3v) is 8.86. The van der Waals surface area contributed by atoms with Crippen molar-refractivity contribution in [2.75, 3.05) is 13.2 Å². The number of hydrogen-bond donors (Lipinski definition) is 6. The van der Waals surface area contributed by atoms with Crippen LogP contribution in [-0.4, -0.2) is 87.5 Å². The lowest BCUT2D eigenvalue weighted by molar-refractivity contribution is -0.302. The van der Waals surface area contributed by atoms with Gasteiger partial charge in [0.1, 0.15) is 24.4 Å². The first-order chi connectivity index (χ1) is 21.8. The van der Waals surface area contributed by atoms with E-state index in [1.807, 2.05) is 6.08 Å². The lowest BCUT2D eigenvalue weighted by atomic mass is 9.99. The predicted octanol–water partition coefficient (Wildman–Crippen LogP) is 5.83. The molecule has 1 aliphatic rings. The number of unbranched alkanes of at least 4 members (excludes halogenated alkanes) is 19. The van der Waals surface area contributed by atoms with Crippen molar-refractivity contribution in [3.05, 3.63) is 12.2 Å². The van der Waals surface area contributed by atoms with Gasteiger partial charge in [0.05, 0.1) is 25.4 Å². The molecule has 7 atom stereocenters. The minimum atomic E-state index is -1.56. The van der Waals surface area contributed by atoms with Crippen LogP contribution in [-0.2, 0) is 14.3 Å². The zero-order valence-corrected chi connectivity index (χ0v) is 28.6. The molecular weight excluding hydrogens is 574 g/mol.